The van der Waals surface area contributed by atoms with E-state index in [-0.39, 0.29) is 18.9 Å². The second-order valence-corrected chi connectivity index (χ2v) is 8.25. The van der Waals surface area contributed by atoms with E-state index < -0.39 is 17.6 Å². The predicted octanol–water partition coefficient (Wildman–Crippen LogP) is 4.92. The van der Waals surface area contributed by atoms with E-state index in [1.165, 1.54) is 6.92 Å². The van der Waals surface area contributed by atoms with Gasteiger partial charge in [0.15, 0.2) is 0 Å². The van der Waals surface area contributed by atoms with Gasteiger partial charge >= 0.3 is 12.1 Å². The van der Waals surface area contributed by atoms with Gasteiger partial charge in [-0.25, -0.2) is 9.59 Å². The lowest BCUT2D eigenvalue weighted by atomic mass is 9.92. The van der Waals surface area contributed by atoms with Crippen LogP contribution in [0, 0.1) is 6.92 Å². The van der Waals surface area contributed by atoms with Crippen LogP contribution in [-0.2, 0) is 16.0 Å². The monoisotopic (exact) mass is 415 g/mol. The van der Waals surface area contributed by atoms with Crippen LogP contribution in [-0.4, -0.2) is 29.3 Å². The van der Waals surface area contributed by atoms with E-state index in [1.807, 2.05) is 67.6 Å². The van der Waals surface area contributed by atoms with Gasteiger partial charge in [0.05, 0.1) is 0 Å². The number of benzene rings is 3. The van der Waals surface area contributed by atoms with Gasteiger partial charge in [-0.15, -0.1) is 0 Å². The zero-order chi connectivity index (χ0) is 22.0. The van der Waals surface area contributed by atoms with Gasteiger partial charge in [-0.2, -0.15) is 0 Å². The van der Waals surface area contributed by atoms with Crippen LogP contribution in [0.5, 0.6) is 0 Å². The van der Waals surface area contributed by atoms with Crippen LogP contribution in [0.3, 0.4) is 0 Å². The van der Waals surface area contributed by atoms with Crippen LogP contribution in [0.4, 0.5) is 4.79 Å². The molecular formula is C26H25NO4. The topological polar surface area (TPSA) is 75.6 Å². The van der Waals surface area contributed by atoms with E-state index in [9.17, 15) is 14.7 Å². The fourth-order valence-corrected chi connectivity index (χ4v) is 4.26. The van der Waals surface area contributed by atoms with E-state index in [1.54, 1.807) is 0 Å². The van der Waals surface area contributed by atoms with Crippen molar-refractivity contribution in [2.24, 2.45) is 0 Å². The fourth-order valence-electron chi connectivity index (χ4n) is 4.26. The smallest absolute Gasteiger partial charge is 0.408 e. The number of carboxylic acid groups (broad SMARTS) is 1. The largest absolute Gasteiger partial charge is 0.480 e. The van der Waals surface area contributed by atoms with Crippen LogP contribution in [0.15, 0.2) is 72.8 Å². The standard InChI is InChI=1S/C26H25NO4/c1-17-8-7-9-18(14-17)15-26(2,24(28)29)27-25(30)31-16-23-21-12-5-3-10-19(21)20-11-4-6-13-22(20)23/h3-14,23H,15-16H2,1-2H3,(H,27,30)(H,28,29)/t26-/m0/s1. The predicted molar refractivity (Wildman–Crippen MR) is 119 cm³/mol. The maximum atomic E-state index is 12.6. The highest BCUT2D eigenvalue weighted by Gasteiger charge is 2.36. The number of aryl methyl sites for hydroxylation is 1. The number of carbonyl (C=O) groups excluding carboxylic acids is 1. The summed E-state index contributed by atoms with van der Waals surface area (Å²) in [6, 6.07) is 23.7. The molecule has 0 heterocycles. The Bertz CT molecular complexity index is 1090. The average Bonchev–Trinajstić information content (AvgIpc) is 3.06. The summed E-state index contributed by atoms with van der Waals surface area (Å²) in [7, 11) is 0. The highest BCUT2D eigenvalue weighted by molar-refractivity contribution is 5.84. The molecule has 0 aliphatic heterocycles. The van der Waals surface area contributed by atoms with Crippen LogP contribution in [0.25, 0.3) is 11.1 Å². The lowest BCUT2D eigenvalue weighted by molar-refractivity contribution is -0.143. The van der Waals surface area contributed by atoms with Gasteiger partial charge in [-0.3, -0.25) is 0 Å². The van der Waals surface area contributed by atoms with Gasteiger partial charge in [-0.1, -0.05) is 78.4 Å². The lowest BCUT2D eigenvalue weighted by Crippen LogP contribution is -2.54. The number of aliphatic carboxylic acids is 1. The third-order valence-corrected chi connectivity index (χ3v) is 5.83. The van der Waals surface area contributed by atoms with Gasteiger partial charge in [0.25, 0.3) is 0 Å². The number of carbonyl (C=O) groups is 2. The molecule has 2 N–H and O–H groups in total. The van der Waals surface area contributed by atoms with Crippen molar-refractivity contribution < 1.29 is 19.4 Å². The van der Waals surface area contributed by atoms with Crippen molar-refractivity contribution in [3.05, 3.63) is 95.1 Å². The highest BCUT2D eigenvalue weighted by Crippen LogP contribution is 2.44. The molecule has 4 rings (SSSR count). The molecule has 0 radical (unpaired) electrons. The average molecular weight is 415 g/mol. The first kappa shape index (κ1) is 20.7. The normalized spacial score (nSPS) is 14.3. The zero-order valence-corrected chi connectivity index (χ0v) is 17.6. The number of amides is 1. The molecule has 5 heteroatoms. The van der Waals surface area contributed by atoms with Crippen molar-refractivity contribution in [1.29, 1.82) is 0 Å². The van der Waals surface area contributed by atoms with Gasteiger partial charge < -0.3 is 15.2 Å². The number of hydrogen-bond acceptors (Lipinski definition) is 3. The number of carboxylic acids is 1. The molecule has 0 unspecified atom stereocenters. The summed E-state index contributed by atoms with van der Waals surface area (Å²) in [5, 5.41) is 12.4. The first-order chi connectivity index (χ1) is 14.9. The van der Waals surface area contributed by atoms with E-state index in [0.29, 0.717) is 0 Å². The molecule has 1 atom stereocenters. The minimum absolute atomic E-state index is 0.0778. The van der Waals surface area contributed by atoms with E-state index in [4.69, 9.17) is 4.74 Å². The van der Waals surface area contributed by atoms with Crippen molar-refractivity contribution in [3.8, 4) is 11.1 Å². The summed E-state index contributed by atoms with van der Waals surface area (Å²) >= 11 is 0. The molecular weight excluding hydrogens is 390 g/mol. The molecule has 0 aromatic heterocycles. The Kier molecular flexibility index (Phi) is 5.51. The quantitative estimate of drug-likeness (QED) is 0.599. The van der Waals surface area contributed by atoms with Crippen LogP contribution >= 0.6 is 0 Å². The van der Waals surface area contributed by atoms with Crippen molar-refractivity contribution in [1.82, 2.24) is 5.32 Å². The Balaban J connectivity index is 1.47. The fraction of sp³-hybridized carbons (Fsp3) is 0.231. The minimum Gasteiger partial charge on any atom is -0.480 e. The lowest BCUT2D eigenvalue weighted by Gasteiger charge is -2.26. The SMILES string of the molecule is Cc1cccc(C[C@](C)(NC(=O)OCC2c3ccccc3-c3ccccc32)C(=O)O)c1. The Morgan fingerprint density at radius 2 is 1.58 bits per heavy atom. The number of nitrogens with one attached hydrogen (secondary N) is 1. The first-order valence-corrected chi connectivity index (χ1v) is 10.3. The van der Waals surface area contributed by atoms with Gasteiger partial charge in [-0.05, 0) is 41.7 Å². The second-order valence-electron chi connectivity index (χ2n) is 8.25. The van der Waals surface area contributed by atoms with Gasteiger partial charge in [0.2, 0.25) is 0 Å². The number of alkyl carbamates (subject to hydrolysis) is 1. The maximum absolute atomic E-state index is 12.6. The van der Waals surface area contributed by atoms with Crippen molar-refractivity contribution in [3.63, 3.8) is 0 Å². The molecule has 0 saturated carbocycles. The summed E-state index contributed by atoms with van der Waals surface area (Å²) in [5.41, 5.74) is 4.89. The Morgan fingerprint density at radius 1 is 0.968 bits per heavy atom. The molecule has 0 bridgehead atoms. The van der Waals surface area contributed by atoms with E-state index in [2.05, 4.69) is 17.4 Å². The number of ether oxygens (including phenoxy) is 1. The zero-order valence-electron chi connectivity index (χ0n) is 17.6. The van der Waals surface area contributed by atoms with Crippen molar-refractivity contribution in [2.45, 2.75) is 31.7 Å². The Labute approximate surface area is 181 Å². The molecule has 1 amide bonds. The number of rotatable bonds is 6. The van der Waals surface area contributed by atoms with Gasteiger partial charge in [0, 0.05) is 12.3 Å². The first-order valence-electron chi connectivity index (χ1n) is 10.3. The molecule has 158 valence electrons. The minimum atomic E-state index is -1.48. The summed E-state index contributed by atoms with van der Waals surface area (Å²) in [4.78, 5) is 24.6. The number of fused-ring (bicyclic) bond motifs is 3. The molecule has 3 aromatic rings. The van der Waals surface area contributed by atoms with Crippen LogP contribution in [0.2, 0.25) is 0 Å². The summed E-state index contributed by atoms with van der Waals surface area (Å²) in [6.45, 7) is 3.58. The Hall–Kier alpha value is -3.60. The number of hydrogen-bond donors (Lipinski definition) is 2. The molecule has 0 saturated heterocycles. The highest BCUT2D eigenvalue weighted by atomic mass is 16.5. The second kappa shape index (κ2) is 8.26. The summed E-state index contributed by atoms with van der Waals surface area (Å²) in [6.07, 6.45) is -0.576. The molecule has 31 heavy (non-hydrogen) atoms. The third-order valence-electron chi connectivity index (χ3n) is 5.83. The van der Waals surface area contributed by atoms with Crippen LogP contribution < -0.4 is 5.32 Å². The molecule has 0 spiro atoms. The summed E-state index contributed by atoms with van der Waals surface area (Å²) in [5.74, 6) is -1.19. The van der Waals surface area contributed by atoms with E-state index in [0.717, 1.165) is 33.4 Å². The Morgan fingerprint density at radius 3 is 2.16 bits per heavy atom. The molecule has 5 nitrogen and oxygen atoms in total. The van der Waals surface area contributed by atoms with Crippen molar-refractivity contribution >= 4 is 12.1 Å². The van der Waals surface area contributed by atoms with Gasteiger partial charge in [0.1, 0.15) is 12.1 Å². The van der Waals surface area contributed by atoms with Crippen molar-refractivity contribution in [2.75, 3.05) is 6.61 Å². The molecule has 1 aliphatic rings. The molecule has 0 fully saturated rings. The summed E-state index contributed by atoms with van der Waals surface area (Å²) < 4.78 is 5.53. The van der Waals surface area contributed by atoms with Crippen LogP contribution in [0.1, 0.15) is 35.1 Å². The molecule has 1 aliphatic carbocycles. The van der Waals surface area contributed by atoms with E-state index >= 15 is 0 Å². The maximum Gasteiger partial charge on any atom is 0.408 e. The molecule has 3 aromatic carbocycles. The third kappa shape index (κ3) is 4.17.